The van der Waals surface area contributed by atoms with Crippen LogP contribution < -0.4 is 0 Å². The molecule has 0 unspecified atom stereocenters. The molecule has 0 aliphatic carbocycles. The zero-order valence-electron chi connectivity index (χ0n) is 49.0. The highest BCUT2D eigenvalue weighted by Gasteiger charge is 2.19. The van der Waals surface area contributed by atoms with Crippen LogP contribution in [0.15, 0.2) is 109 Å². The lowest BCUT2D eigenvalue weighted by molar-refractivity contribution is -0.167. The lowest BCUT2D eigenvalue weighted by atomic mass is 10.1. The van der Waals surface area contributed by atoms with E-state index in [4.69, 9.17) is 14.2 Å². The summed E-state index contributed by atoms with van der Waals surface area (Å²) in [5, 5.41) is 0. The van der Waals surface area contributed by atoms with Crippen LogP contribution in [0.2, 0.25) is 0 Å². The molecule has 6 nitrogen and oxygen atoms in total. The number of ether oxygens (including phenoxy) is 3. The van der Waals surface area contributed by atoms with E-state index in [9.17, 15) is 14.4 Å². The molecule has 0 aliphatic rings. The molecule has 428 valence electrons. The monoisotopic (exact) mass is 1040 g/mol. The van der Waals surface area contributed by atoms with Crippen LogP contribution in [-0.2, 0) is 28.6 Å². The van der Waals surface area contributed by atoms with Gasteiger partial charge in [0, 0.05) is 19.3 Å². The SMILES string of the molecule is CCCCC/C=C\C/C=C\C/C=C\C/C=C\CCCCCC(=O)OCC(COC(=O)CCCCC/C=C\C/C=C\C/C=C\C/C=C\CCCCC)OC(=O)CCCCCCCCCCC/C=C\CCCCCCCC. The van der Waals surface area contributed by atoms with Gasteiger partial charge in [0.25, 0.3) is 0 Å². The first kappa shape index (κ1) is 71.1. The predicted octanol–water partition coefficient (Wildman–Crippen LogP) is 21.4. The van der Waals surface area contributed by atoms with Crippen molar-refractivity contribution < 1.29 is 28.6 Å². The van der Waals surface area contributed by atoms with Crippen LogP contribution in [0.4, 0.5) is 0 Å². The first-order valence-electron chi connectivity index (χ1n) is 31.4. The molecular weight excluding hydrogens is 925 g/mol. The van der Waals surface area contributed by atoms with E-state index in [0.717, 1.165) is 109 Å². The Kier molecular flexibility index (Phi) is 59.3. The van der Waals surface area contributed by atoms with Gasteiger partial charge in [-0.25, -0.2) is 0 Å². The van der Waals surface area contributed by atoms with Gasteiger partial charge in [-0.1, -0.05) is 246 Å². The summed E-state index contributed by atoms with van der Waals surface area (Å²) in [5.74, 6) is -0.961. The van der Waals surface area contributed by atoms with Crippen LogP contribution in [0.3, 0.4) is 0 Å². The van der Waals surface area contributed by atoms with Crippen molar-refractivity contribution in [3.8, 4) is 0 Å². The molecule has 0 rings (SSSR count). The molecule has 0 amide bonds. The largest absolute Gasteiger partial charge is 0.462 e. The van der Waals surface area contributed by atoms with Crippen LogP contribution in [-0.4, -0.2) is 37.2 Å². The van der Waals surface area contributed by atoms with E-state index in [-0.39, 0.29) is 31.1 Å². The van der Waals surface area contributed by atoms with E-state index in [1.165, 1.54) is 141 Å². The second-order valence-corrected chi connectivity index (χ2v) is 20.6. The molecule has 0 spiro atoms. The smallest absolute Gasteiger partial charge is 0.306 e. The Bertz CT molecular complexity index is 1440. The van der Waals surface area contributed by atoms with Gasteiger partial charge in [-0.3, -0.25) is 14.4 Å². The average Bonchev–Trinajstić information content (AvgIpc) is 3.41. The highest BCUT2D eigenvalue weighted by molar-refractivity contribution is 5.71. The van der Waals surface area contributed by atoms with Crippen molar-refractivity contribution in [2.45, 2.75) is 297 Å². The molecule has 0 bridgehead atoms. The van der Waals surface area contributed by atoms with Crippen LogP contribution in [0.5, 0.6) is 0 Å². The minimum absolute atomic E-state index is 0.107. The lowest BCUT2D eigenvalue weighted by Crippen LogP contribution is -2.30. The summed E-state index contributed by atoms with van der Waals surface area (Å²) >= 11 is 0. The minimum atomic E-state index is -0.809. The maximum Gasteiger partial charge on any atom is 0.306 e. The second-order valence-electron chi connectivity index (χ2n) is 20.6. The van der Waals surface area contributed by atoms with Crippen molar-refractivity contribution in [1.82, 2.24) is 0 Å². The zero-order chi connectivity index (χ0) is 54.3. The van der Waals surface area contributed by atoms with Crippen molar-refractivity contribution in [3.63, 3.8) is 0 Å². The van der Waals surface area contributed by atoms with E-state index < -0.39 is 6.10 Å². The Morgan fingerprint density at radius 2 is 0.480 bits per heavy atom. The van der Waals surface area contributed by atoms with E-state index in [1.54, 1.807) is 0 Å². The van der Waals surface area contributed by atoms with Crippen molar-refractivity contribution >= 4 is 17.9 Å². The Hall–Kier alpha value is -3.93. The number of hydrogen-bond acceptors (Lipinski definition) is 6. The van der Waals surface area contributed by atoms with Crippen LogP contribution in [0, 0.1) is 0 Å². The normalized spacial score (nSPS) is 12.5. The van der Waals surface area contributed by atoms with Gasteiger partial charge in [0.1, 0.15) is 13.2 Å². The van der Waals surface area contributed by atoms with Crippen molar-refractivity contribution in [1.29, 1.82) is 0 Å². The van der Waals surface area contributed by atoms with Gasteiger partial charge < -0.3 is 14.2 Å². The molecule has 0 saturated heterocycles. The van der Waals surface area contributed by atoms with Crippen molar-refractivity contribution in [2.24, 2.45) is 0 Å². The first-order chi connectivity index (χ1) is 37.0. The second kappa shape index (κ2) is 62.6. The molecule has 6 heteroatoms. The standard InChI is InChI=1S/C69H116O6/c1-4-7-10-13-16-19-22-25-28-31-34-37-40-43-46-49-52-55-58-61-67(70)73-64-66(75-69(72)63-60-57-54-51-48-45-42-39-36-33-30-27-24-21-18-15-12-9-6-3)65-74-68(71)62-59-56-53-50-47-44-41-38-35-32-29-26-23-20-17-14-11-8-5-2/h16-17,19-20,25-30,34-35,37-38,43-44,46-47,66H,4-15,18,21-24,31-33,36,39-42,45,48-65H2,1-3H3/b19-16-,20-17-,28-25-,29-26-,30-27-,37-34-,38-35-,46-43-,47-44-. The summed E-state index contributed by atoms with van der Waals surface area (Å²) < 4.78 is 16.9. The molecule has 75 heavy (non-hydrogen) atoms. The molecule has 0 fully saturated rings. The predicted molar refractivity (Wildman–Crippen MR) is 325 cm³/mol. The van der Waals surface area contributed by atoms with Crippen LogP contribution >= 0.6 is 0 Å². The summed E-state index contributed by atoms with van der Waals surface area (Å²) in [6.07, 6.45) is 85.1. The molecule has 0 N–H and O–H groups in total. The molecule has 0 heterocycles. The van der Waals surface area contributed by atoms with Gasteiger partial charge in [0.05, 0.1) is 0 Å². The molecular formula is C69H116O6. The number of carbonyl (C=O) groups is 3. The summed E-state index contributed by atoms with van der Waals surface area (Å²) in [6, 6.07) is 0. The Balaban J connectivity index is 4.51. The Morgan fingerprint density at radius 3 is 0.800 bits per heavy atom. The maximum atomic E-state index is 12.9. The Morgan fingerprint density at radius 1 is 0.267 bits per heavy atom. The highest BCUT2D eigenvalue weighted by Crippen LogP contribution is 2.15. The molecule has 0 atom stereocenters. The van der Waals surface area contributed by atoms with E-state index in [1.807, 2.05) is 0 Å². The number of carbonyl (C=O) groups excluding carboxylic acids is 3. The van der Waals surface area contributed by atoms with Gasteiger partial charge >= 0.3 is 17.9 Å². The highest BCUT2D eigenvalue weighted by atomic mass is 16.6. The number of esters is 3. The third-order valence-electron chi connectivity index (χ3n) is 13.2. The minimum Gasteiger partial charge on any atom is -0.462 e. The average molecular weight is 1040 g/mol. The molecule has 0 aromatic rings. The van der Waals surface area contributed by atoms with Gasteiger partial charge in [-0.2, -0.15) is 0 Å². The summed E-state index contributed by atoms with van der Waals surface area (Å²) in [4.78, 5) is 38.3. The zero-order valence-corrected chi connectivity index (χ0v) is 49.0. The number of allylic oxidation sites excluding steroid dienone is 18. The number of rotatable bonds is 56. The summed E-state index contributed by atoms with van der Waals surface area (Å²) in [7, 11) is 0. The van der Waals surface area contributed by atoms with E-state index in [0.29, 0.717) is 19.3 Å². The fourth-order valence-corrected chi connectivity index (χ4v) is 8.46. The topological polar surface area (TPSA) is 78.9 Å². The van der Waals surface area contributed by atoms with Gasteiger partial charge in [0.15, 0.2) is 6.10 Å². The van der Waals surface area contributed by atoms with E-state index in [2.05, 4.69) is 130 Å². The van der Waals surface area contributed by atoms with Crippen LogP contribution in [0.25, 0.3) is 0 Å². The fraction of sp³-hybridized carbons (Fsp3) is 0.696. The molecule has 0 aromatic heterocycles. The third-order valence-corrected chi connectivity index (χ3v) is 13.2. The van der Waals surface area contributed by atoms with E-state index >= 15 is 0 Å². The fourth-order valence-electron chi connectivity index (χ4n) is 8.46. The first-order valence-corrected chi connectivity index (χ1v) is 31.4. The molecule has 0 aliphatic heterocycles. The third kappa shape index (κ3) is 60.8. The van der Waals surface area contributed by atoms with Crippen LogP contribution in [0.1, 0.15) is 290 Å². The quantitative estimate of drug-likeness (QED) is 0.0261. The molecule has 0 saturated carbocycles. The maximum absolute atomic E-state index is 12.9. The van der Waals surface area contributed by atoms with Gasteiger partial charge in [-0.05, 0) is 135 Å². The number of unbranched alkanes of at least 4 members (excludes halogenated alkanes) is 27. The van der Waals surface area contributed by atoms with Gasteiger partial charge in [0.2, 0.25) is 0 Å². The summed E-state index contributed by atoms with van der Waals surface area (Å²) in [5.41, 5.74) is 0. The molecule has 0 aromatic carbocycles. The van der Waals surface area contributed by atoms with Crippen molar-refractivity contribution in [2.75, 3.05) is 13.2 Å². The van der Waals surface area contributed by atoms with Gasteiger partial charge in [-0.15, -0.1) is 0 Å². The Labute approximate surface area is 463 Å². The molecule has 0 radical (unpaired) electrons. The number of hydrogen-bond donors (Lipinski definition) is 0. The summed E-state index contributed by atoms with van der Waals surface area (Å²) in [6.45, 7) is 6.54. The lowest BCUT2D eigenvalue weighted by Gasteiger charge is -2.18. The van der Waals surface area contributed by atoms with Crippen molar-refractivity contribution in [3.05, 3.63) is 109 Å².